The van der Waals surface area contributed by atoms with Crippen LogP contribution in [-0.2, 0) is 9.59 Å². The van der Waals surface area contributed by atoms with E-state index in [1.807, 2.05) is 0 Å². The van der Waals surface area contributed by atoms with Crippen molar-refractivity contribution in [3.8, 4) is 0 Å². The van der Waals surface area contributed by atoms with Crippen LogP contribution in [0, 0.1) is 11.8 Å². The zero-order valence-electron chi connectivity index (χ0n) is 11.4. The van der Waals surface area contributed by atoms with Crippen molar-refractivity contribution in [1.29, 1.82) is 0 Å². The molecule has 1 heterocycles. The molecular weight excluding hydrogens is 289 g/mol. The van der Waals surface area contributed by atoms with E-state index < -0.39 is 24.1 Å². The van der Waals surface area contributed by atoms with Crippen molar-refractivity contribution in [3.63, 3.8) is 0 Å². The molecule has 2 fully saturated rings. The molecule has 0 aromatic carbocycles. The highest BCUT2D eigenvalue weighted by Gasteiger charge is 2.43. The molecule has 5 nitrogen and oxygen atoms in total. The number of carboxylic acid groups (broad SMARTS) is 1. The summed E-state index contributed by atoms with van der Waals surface area (Å²) in [6.45, 7) is 0.598. The fourth-order valence-electron chi connectivity index (χ4n) is 3.45. The topological polar surface area (TPSA) is 78.4 Å². The maximum absolute atomic E-state index is 12.2. The molecule has 0 bridgehead atoms. The van der Waals surface area contributed by atoms with E-state index in [4.69, 9.17) is 5.11 Å². The van der Waals surface area contributed by atoms with Gasteiger partial charge >= 0.3 is 18.1 Å². The minimum atomic E-state index is -5.06. The van der Waals surface area contributed by atoms with Gasteiger partial charge in [0.2, 0.25) is 0 Å². The first-order chi connectivity index (χ1) is 9.79. The molecule has 2 rings (SSSR count). The number of carbonyl (C=O) groups is 2. The zero-order valence-corrected chi connectivity index (χ0v) is 11.4. The molecule has 3 N–H and O–H groups in total. The Morgan fingerprint density at radius 3 is 2.57 bits per heavy atom. The summed E-state index contributed by atoms with van der Waals surface area (Å²) in [7, 11) is 0. The Hall–Kier alpha value is -1.31. The van der Waals surface area contributed by atoms with Crippen LogP contribution in [-0.4, -0.2) is 41.8 Å². The highest BCUT2D eigenvalue weighted by Crippen LogP contribution is 2.36. The molecule has 0 spiro atoms. The normalized spacial score (nSPS) is 30.5. The van der Waals surface area contributed by atoms with Crippen molar-refractivity contribution in [1.82, 2.24) is 10.6 Å². The van der Waals surface area contributed by atoms with Crippen LogP contribution in [0.1, 0.15) is 32.1 Å². The van der Waals surface area contributed by atoms with Gasteiger partial charge in [-0.25, -0.2) is 4.79 Å². The molecule has 0 aromatic rings. The Bertz CT molecular complexity index is 414. The molecule has 1 aliphatic carbocycles. The van der Waals surface area contributed by atoms with Crippen LogP contribution in [0.3, 0.4) is 0 Å². The van der Waals surface area contributed by atoms with E-state index >= 15 is 0 Å². The fraction of sp³-hybridized carbons (Fsp3) is 0.846. The van der Waals surface area contributed by atoms with Gasteiger partial charge in [-0.15, -0.1) is 0 Å². The Kier molecular flexibility index (Phi) is 4.75. The van der Waals surface area contributed by atoms with Gasteiger partial charge in [-0.2, -0.15) is 13.2 Å². The van der Waals surface area contributed by atoms with Crippen LogP contribution in [0.4, 0.5) is 13.2 Å². The zero-order chi connectivity index (χ0) is 15.6. The second-order valence-electron chi connectivity index (χ2n) is 5.82. The van der Waals surface area contributed by atoms with Gasteiger partial charge in [0.1, 0.15) is 6.04 Å². The van der Waals surface area contributed by atoms with Crippen molar-refractivity contribution >= 4 is 11.9 Å². The number of hydrogen-bond donors (Lipinski definition) is 3. The minimum absolute atomic E-state index is 0.00932. The van der Waals surface area contributed by atoms with Crippen molar-refractivity contribution in [2.24, 2.45) is 11.8 Å². The number of aliphatic carboxylic acids is 1. The quantitative estimate of drug-likeness (QED) is 0.731. The molecule has 120 valence electrons. The third-order valence-corrected chi connectivity index (χ3v) is 4.47. The highest BCUT2D eigenvalue weighted by molar-refractivity contribution is 5.86. The Labute approximate surface area is 120 Å². The number of carbonyl (C=O) groups excluding carboxylic acids is 1. The largest absolute Gasteiger partial charge is 0.480 e. The molecule has 2 aliphatic rings. The summed E-state index contributed by atoms with van der Waals surface area (Å²) in [5.41, 5.74) is 0. The van der Waals surface area contributed by atoms with E-state index in [9.17, 15) is 22.8 Å². The summed E-state index contributed by atoms with van der Waals surface area (Å²) >= 11 is 0. The van der Waals surface area contributed by atoms with E-state index in [0.717, 1.165) is 25.7 Å². The Balaban J connectivity index is 1.97. The summed E-state index contributed by atoms with van der Waals surface area (Å²) in [5, 5.41) is 13.9. The van der Waals surface area contributed by atoms with E-state index in [1.165, 1.54) is 0 Å². The Morgan fingerprint density at radius 2 is 1.95 bits per heavy atom. The molecule has 1 saturated heterocycles. The first-order valence-corrected chi connectivity index (χ1v) is 7.13. The second-order valence-corrected chi connectivity index (χ2v) is 5.82. The summed E-state index contributed by atoms with van der Waals surface area (Å²) in [6.07, 6.45) is -0.865. The number of fused-ring (bicyclic) bond motifs is 1. The van der Waals surface area contributed by atoms with Gasteiger partial charge in [0.05, 0.1) is 0 Å². The maximum atomic E-state index is 12.2. The lowest BCUT2D eigenvalue weighted by Crippen LogP contribution is -2.48. The average molecular weight is 308 g/mol. The molecule has 4 atom stereocenters. The molecule has 1 aliphatic heterocycles. The number of alkyl halides is 3. The molecule has 21 heavy (non-hydrogen) atoms. The minimum Gasteiger partial charge on any atom is -0.480 e. The molecular formula is C13H19F3N2O3. The van der Waals surface area contributed by atoms with E-state index in [2.05, 4.69) is 5.32 Å². The van der Waals surface area contributed by atoms with Crippen LogP contribution in [0.2, 0.25) is 0 Å². The van der Waals surface area contributed by atoms with Gasteiger partial charge in [0.15, 0.2) is 0 Å². The van der Waals surface area contributed by atoms with E-state index in [1.54, 1.807) is 5.32 Å². The molecule has 0 aromatic heterocycles. The van der Waals surface area contributed by atoms with Crippen molar-refractivity contribution in [3.05, 3.63) is 0 Å². The van der Waals surface area contributed by atoms with Crippen molar-refractivity contribution in [2.45, 2.75) is 50.4 Å². The van der Waals surface area contributed by atoms with Gasteiger partial charge in [-0.3, -0.25) is 4.79 Å². The predicted molar refractivity (Wildman–Crippen MR) is 67.5 cm³/mol. The number of amides is 1. The van der Waals surface area contributed by atoms with E-state index in [0.29, 0.717) is 18.5 Å². The Morgan fingerprint density at radius 1 is 1.29 bits per heavy atom. The van der Waals surface area contributed by atoms with E-state index in [-0.39, 0.29) is 12.3 Å². The molecule has 8 heteroatoms. The highest BCUT2D eigenvalue weighted by atomic mass is 19.4. The molecule has 3 unspecified atom stereocenters. The third kappa shape index (κ3) is 3.87. The lowest BCUT2D eigenvalue weighted by atomic mass is 9.77. The second kappa shape index (κ2) is 6.21. The maximum Gasteiger partial charge on any atom is 0.471 e. The molecule has 0 radical (unpaired) electrons. The number of nitrogens with one attached hydrogen (secondary N) is 2. The number of rotatable bonds is 4. The van der Waals surface area contributed by atoms with Crippen LogP contribution in [0.15, 0.2) is 0 Å². The van der Waals surface area contributed by atoms with Crippen LogP contribution < -0.4 is 10.6 Å². The van der Waals surface area contributed by atoms with Crippen molar-refractivity contribution < 1.29 is 27.9 Å². The molecule has 1 saturated carbocycles. The standard InChI is InChI=1S/C13H19F3N2O3/c14-13(15,16)12(21)18-10(11(19)20)5-7-6-17-9-4-2-1-3-8(7)9/h7-10,17H,1-6H2,(H,18,21)(H,19,20)/t7?,8?,9?,10-/m0/s1. The summed E-state index contributed by atoms with van der Waals surface area (Å²) in [6, 6.07) is -1.16. The fourth-order valence-corrected chi connectivity index (χ4v) is 3.45. The van der Waals surface area contributed by atoms with Crippen LogP contribution >= 0.6 is 0 Å². The molecule has 1 amide bonds. The number of carboxylic acids is 1. The lowest BCUT2D eigenvalue weighted by molar-refractivity contribution is -0.175. The monoisotopic (exact) mass is 308 g/mol. The van der Waals surface area contributed by atoms with Gasteiger partial charge in [0, 0.05) is 6.04 Å². The summed E-state index contributed by atoms with van der Waals surface area (Å²) in [5.74, 6) is -3.33. The summed E-state index contributed by atoms with van der Waals surface area (Å²) in [4.78, 5) is 22.0. The first kappa shape index (κ1) is 16.1. The van der Waals surface area contributed by atoms with Gasteiger partial charge in [-0.05, 0) is 37.6 Å². The predicted octanol–water partition coefficient (Wildman–Crippen LogP) is 1.29. The van der Waals surface area contributed by atoms with Gasteiger partial charge < -0.3 is 15.7 Å². The van der Waals surface area contributed by atoms with Gasteiger partial charge in [0.25, 0.3) is 0 Å². The van der Waals surface area contributed by atoms with Crippen LogP contribution in [0.25, 0.3) is 0 Å². The SMILES string of the molecule is O=C(O)[C@H](CC1CNC2CCCCC12)NC(=O)C(F)(F)F. The smallest absolute Gasteiger partial charge is 0.471 e. The van der Waals surface area contributed by atoms with Gasteiger partial charge in [-0.1, -0.05) is 12.8 Å². The lowest BCUT2D eigenvalue weighted by Gasteiger charge is -2.29. The van der Waals surface area contributed by atoms with Crippen molar-refractivity contribution in [2.75, 3.05) is 6.54 Å². The summed E-state index contributed by atoms with van der Waals surface area (Å²) < 4.78 is 36.7. The average Bonchev–Trinajstić information content (AvgIpc) is 2.80. The first-order valence-electron chi connectivity index (χ1n) is 7.13. The number of halogens is 3. The number of hydrogen-bond acceptors (Lipinski definition) is 3. The van der Waals surface area contributed by atoms with Crippen LogP contribution in [0.5, 0.6) is 0 Å². The third-order valence-electron chi connectivity index (χ3n) is 4.47.